The number of carbonyl (C=O) groups is 2. The van der Waals surface area contributed by atoms with Crippen molar-refractivity contribution in [3.8, 4) is 0 Å². The van der Waals surface area contributed by atoms with Crippen LogP contribution in [0.2, 0.25) is 0 Å². The van der Waals surface area contributed by atoms with E-state index in [0.29, 0.717) is 44.6 Å². The first kappa shape index (κ1) is 27.6. The van der Waals surface area contributed by atoms with Gasteiger partial charge in [0.15, 0.2) is 0 Å². The Kier molecular flexibility index (Phi) is 6.45. The summed E-state index contributed by atoms with van der Waals surface area (Å²) in [6, 6.07) is 7.87. The molecule has 3 atom stereocenters. The molecule has 6 aliphatic rings. The number of hydrogen-bond acceptors (Lipinski definition) is 5. The number of nitrogens with zero attached hydrogens (tertiary/aromatic N) is 3. The third-order valence-electron chi connectivity index (χ3n) is 10.7. The van der Waals surface area contributed by atoms with Gasteiger partial charge >= 0.3 is 0 Å². The average Bonchev–Trinajstić information content (AvgIpc) is 3.60. The molecule has 1 aromatic heterocycles. The summed E-state index contributed by atoms with van der Waals surface area (Å²) < 4.78 is 28.8. The number of halogens is 2. The van der Waals surface area contributed by atoms with Crippen molar-refractivity contribution in [2.24, 2.45) is 16.3 Å². The van der Waals surface area contributed by atoms with Crippen molar-refractivity contribution < 1.29 is 18.4 Å². The molecule has 2 fully saturated rings. The van der Waals surface area contributed by atoms with Gasteiger partial charge in [0.1, 0.15) is 17.5 Å². The van der Waals surface area contributed by atoms with Crippen LogP contribution in [-0.2, 0) is 29.0 Å². The molecule has 7 nitrogen and oxygen atoms in total. The lowest BCUT2D eigenvalue weighted by Gasteiger charge is -2.39. The van der Waals surface area contributed by atoms with E-state index in [1.807, 2.05) is 29.2 Å². The normalized spacial score (nSPS) is 29.2. The molecular formula is C35H35F2N5O2. The number of nitrogens with one attached hydrogen (secondary N) is 2. The molecule has 2 aromatic rings. The number of amides is 2. The zero-order chi connectivity index (χ0) is 30.1. The molecule has 1 aromatic carbocycles. The molecule has 0 radical (unpaired) electrons. The SMILES string of the molecule is O=C1N(Cc2ccc3nc4c(cc3c2)C[C@@]2(C4)C(=O)NC3=C2CC=CC=N3)[C@H](C2C=C(F)C=C(F)C2)CCNC12CCCC2. The molecule has 226 valence electrons. The lowest BCUT2D eigenvalue weighted by molar-refractivity contribution is -0.141. The average molecular weight is 596 g/mol. The van der Waals surface area contributed by atoms with E-state index in [9.17, 15) is 18.4 Å². The fourth-order valence-corrected chi connectivity index (χ4v) is 8.50. The van der Waals surface area contributed by atoms with Crippen LogP contribution >= 0.6 is 0 Å². The Balaban J connectivity index is 1.12. The highest BCUT2D eigenvalue weighted by atomic mass is 19.1. The quantitative estimate of drug-likeness (QED) is 0.496. The molecular weight excluding hydrogens is 560 g/mol. The highest BCUT2D eigenvalue weighted by Crippen LogP contribution is 2.49. The maximum absolute atomic E-state index is 14.4. The number of carbonyl (C=O) groups excluding carboxylic acids is 2. The van der Waals surface area contributed by atoms with Crippen molar-refractivity contribution in [3.05, 3.63) is 88.4 Å². The number of allylic oxidation sites excluding steroid dienone is 5. The van der Waals surface area contributed by atoms with E-state index in [-0.39, 0.29) is 24.3 Å². The largest absolute Gasteiger partial charge is 0.333 e. The van der Waals surface area contributed by atoms with E-state index >= 15 is 0 Å². The van der Waals surface area contributed by atoms with Gasteiger partial charge in [0.25, 0.3) is 0 Å². The summed E-state index contributed by atoms with van der Waals surface area (Å²) >= 11 is 0. The van der Waals surface area contributed by atoms with Gasteiger partial charge in [0.2, 0.25) is 11.8 Å². The van der Waals surface area contributed by atoms with Crippen LogP contribution in [0.4, 0.5) is 8.78 Å². The molecule has 8 rings (SSSR count). The summed E-state index contributed by atoms with van der Waals surface area (Å²) in [6.07, 6.45) is 14.1. The van der Waals surface area contributed by atoms with Gasteiger partial charge in [-0.25, -0.2) is 13.8 Å². The van der Waals surface area contributed by atoms with Crippen molar-refractivity contribution >= 4 is 28.9 Å². The lowest BCUT2D eigenvalue weighted by atomic mass is 9.77. The Labute approximate surface area is 254 Å². The summed E-state index contributed by atoms with van der Waals surface area (Å²) in [4.78, 5) is 39.0. The van der Waals surface area contributed by atoms with Gasteiger partial charge in [0.05, 0.1) is 16.5 Å². The topological polar surface area (TPSA) is 86.7 Å². The van der Waals surface area contributed by atoms with E-state index in [0.717, 1.165) is 65.1 Å². The summed E-state index contributed by atoms with van der Waals surface area (Å²) in [5.41, 5.74) is 3.52. The molecule has 3 aliphatic heterocycles. The van der Waals surface area contributed by atoms with Crippen molar-refractivity contribution in [1.82, 2.24) is 20.5 Å². The third kappa shape index (κ3) is 4.38. The summed E-state index contributed by atoms with van der Waals surface area (Å²) in [5.74, 6) is -0.807. The zero-order valence-electron chi connectivity index (χ0n) is 24.5. The molecule has 1 saturated carbocycles. The predicted octanol–water partition coefficient (Wildman–Crippen LogP) is 5.42. The van der Waals surface area contributed by atoms with Crippen LogP contribution in [0.5, 0.6) is 0 Å². The van der Waals surface area contributed by atoms with E-state index < -0.39 is 28.5 Å². The molecule has 1 saturated heterocycles. The smallest absolute Gasteiger partial charge is 0.243 e. The molecule has 44 heavy (non-hydrogen) atoms. The van der Waals surface area contributed by atoms with Crippen molar-refractivity contribution in [3.63, 3.8) is 0 Å². The van der Waals surface area contributed by atoms with Gasteiger partial charge in [-0.15, -0.1) is 0 Å². The second-order valence-electron chi connectivity index (χ2n) is 13.3. The van der Waals surface area contributed by atoms with Gasteiger partial charge in [-0.1, -0.05) is 25.0 Å². The Morgan fingerprint density at radius 1 is 1.09 bits per heavy atom. The molecule has 9 heteroatoms. The monoisotopic (exact) mass is 595 g/mol. The number of hydrogen-bond donors (Lipinski definition) is 2. The van der Waals surface area contributed by atoms with Crippen LogP contribution in [0, 0.1) is 11.3 Å². The van der Waals surface area contributed by atoms with E-state index in [1.54, 1.807) is 6.21 Å². The second-order valence-corrected chi connectivity index (χ2v) is 13.3. The van der Waals surface area contributed by atoms with Gasteiger partial charge in [-0.3, -0.25) is 14.6 Å². The lowest BCUT2D eigenvalue weighted by Crippen LogP contribution is -2.56. The molecule has 0 bridgehead atoms. The first-order valence-corrected chi connectivity index (χ1v) is 15.8. The van der Waals surface area contributed by atoms with Crippen LogP contribution in [0.25, 0.3) is 10.9 Å². The Morgan fingerprint density at radius 3 is 2.80 bits per heavy atom. The van der Waals surface area contributed by atoms with Crippen LogP contribution in [0.3, 0.4) is 0 Å². The van der Waals surface area contributed by atoms with Crippen LogP contribution in [0.15, 0.2) is 76.6 Å². The minimum Gasteiger partial charge on any atom is -0.333 e. The third-order valence-corrected chi connectivity index (χ3v) is 10.7. The highest BCUT2D eigenvalue weighted by Gasteiger charge is 2.52. The first-order chi connectivity index (χ1) is 21.3. The van der Waals surface area contributed by atoms with Gasteiger partial charge in [-0.05, 0) is 85.7 Å². The van der Waals surface area contributed by atoms with E-state index in [2.05, 4.69) is 27.8 Å². The second kappa shape index (κ2) is 10.3. The molecule has 2 amide bonds. The highest BCUT2D eigenvalue weighted by molar-refractivity contribution is 5.94. The van der Waals surface area contributed by atoms with Gasteiger partial charge < -0.3 is 15.5 Å². The maximum atomic E-state index is 14.4. The molecule has 1 unspecified atom stereocenters. The summed E-state index contributed by atoms with van der Waals surface area (Å²) in [6.45, 7) is 0.983. The van der Waals surface area contributed by atoms with Gasteiger partial charge in [0, 0.05) is 54.7 Å². The molecule has 3 aliphatic carbocycles. The minimum absolute atomic E-state index is 0.0163. The van der Waals surface area contributed by atoms with E-state index in [1.165, 1.54) is 6.08 Å². The molecule has 2 N–H and O–H groups in total. The Morgan fingerprint density at radius 2 is 1.95 bits per heavy atom. The summed E-state index contributed by atoms with van der Waals surface area (Å²) in [5, 5.41) is 7.51. The minimum atomic E-state index is -0.669. The fourth-order valence-electron chi connectivity index (χ4n) is 8.50. The van der Waals surface area contributed by atoms with Crippen molar-refractivity contribution in [1.29, 1.82) is 0 Å². The van der Waals surface area contributed by atoms with Crippen LogP contribution in [-0.4, -0.2) is 46.0 Å². The molecule has 4 heterocycles. The Hall–Kier alpha value is -3.98. The number of aromatic nitrogens is 1. The van der Waals surface area contributed by atoms with Crippen molar-refractivity contribution in [2.45, 2.75) is 75.9 Å². The number of aliphatic imine (C=N–C) groups is 1. The standard InChI is InChI=1S/C35H35F2N5O2/c36-25-15-23(16-26(37)17-25)30-8-12-39-35(9-2-3-10-35)33(44)42(30)20-21-6-7-28-22(13-21)14-24-18-34(19-29(24)40-28)27-5-1-4-11-38-31(27)41-32(34)43/h1,4,6-7,11,13-15,17,23,30,39H,2-3,5,8-10,12,16,18-20H2,(H,41,43)/t23?,30-,34-/m0/s1. The van der Waals surface area contributed by atoms with Crippen molar-refractivity contribution in [2.75, 3.05) is 6.54 Å². The van der Waals surface area contributed by atoms with Crippen LogP contribution in [0.1, 0.15) is 61.8 Å². The number of benzene rings is 1. The summed E-state index contributed by atoms with van der Waals surface area (Å²) in [7, 11) is 0. The number of pyridine rings is 1. The number of rotatable bonds is 3. The van der Waals surface area contributed by atoms with E-state index in [4.69, 9.17) is 4.98 Å². The first-order valence-electron chi connectivity index (χ1n) is 15.8. The van der Waals surface area contributed by atoms with Crippen LogP contribution < -0.4 is 10.6 Å². The predicted molar refractivity (Wildman–Crippen MR) is 164 cm³/mol. The number of fused-ring (bicyclic) bond motifs is 3. The zero-order valence-corrected chi connectivity index (χ0v) is 24.5. The fraction of sp³-hybridized carbons (Fsp3) is 0.429. The Bertz CT molecular complexity index is 1750. The molecule has 2 spiro atoms. The maximum Gasteiger partial charge on any atom is 0.243 e. The van der Waals surface area contributed by atoms with Gasteiger partial charge in [-0.2, -0.15) is 0 Å².